The first-order chi connectivity index (χ1) is 23.4. The number of nitrogens with one attached hydrogen (secondary N) is 2. The Hall–Kier alpha value is -4.33. The van der Waals surface area contributed by atoms with E-state index in [1.54, 1.807) is 13.2 Å². The number of piperidine rings is 1. The average Bonchev–Trinajstić information content (AvgIpc) is 3.85. The maximum atomic E-state index is 14.7. The molecule has 4 fully saturated rings. The molecule has 1 atom stereocenters. The first kappa shape index (κ1) is 32.2. The third kappa shape index (κ3) is 6.94. The second-order valence-electron chi connectivity index (χ2n) is 12.8. The quantitative estimate of drug-likeness (QED) is 0.280. The predicted molar refractivity (Wildman–Crippen MR) is 181 cm³/mol. The first-order valence-corrected chi connectivity index (χ1v) is 16.7. The average molecular weight is 661 g/mol. The number of amides is 1. The highest BCUT2D eigenvalue weighted by atomic mass is 19.1. The molecule has 1 aliphatic carbocycles. The topological polar surface area (TPSA) is 98.3 Å². The summed E-state index contributed by atoms with van der Waals surface area (Å²) in [6.45, 7) is 10.3. The summed E-state index contributed by atoms with van der Waals surface area (Å²) in [6.07, 6.45) is 7.95. The minimum Gasteiger partial charge on any atom is -0.494 e. The lowest BCUT2D eigenvalue weighted by molar-refractivity contribution is -0.111. The van der Waals surface area contributed by atoms with Gasteiger partial charge in [0, 0.05) is 81.5 Å². The monoisotopic (exact) mass is 660 g/mol. The van der Waals surface area contributed by atoms with Crippen molar-refractivity contribution in [3.8, 4) is 5.75 Å². The molecule has 1 saturated carbocycles. The van der Waals surface area contributed by atoms with Gasteiger partial charge in [-0.15, -0.1) is 0 Å². The van der Waals surface area contributed by atoms with E-state index in [9.17, 15) is 13.6 Å². The molecule has 11 nitrogen and oxygen atoms in total. The van der Waals surface area contributed by atoms with Crippen molar-refractivity contribution < 1.29 is 23.1 Å². The normalized spacial score (nSPS) is 20.9. The van der Waals surface area contributed by atoms with Gasteiger partial charge in [-0.25, -0.2) is 23.8 Å². The van der Waals surface area contributed by atoms with Crippen molar-refractivity contribution in [2.24, 2.45) is 0 Å². The molecule has 1 aromatic heterocycles. The molecule has 4 aliphatic rings. The summed E-state index contributed by atoms with van der Waals surface area (Å²) in [6, 6.07) is 9.90. The lowest BCUT2D eigenvalue weighted by Crippen LogP contribution is -2.53. The van der Waals surface area contributed by atoms with Gasteiger partial charge in [-0.3, -0.25) is 19.4 Å². The van der Waals surface area contributed by atoms with Gasteiger partial charge < -0.3 is 20.3 Å². The molecule has 3 saturated heterocycles. The van der Waals surface area contributed by atoms with Crippen LogP contribution in [0.2, 0.25) is 0 Å². The van der Waals surface area contributed by atoms with E-state index in [1.807, 2.05) is 12.1 Å². The zero-order valence-corrected chi connectivity index (χ0v) is 27.2. The van der Waals surface area contributed by atoms with Crippen LogP contribution in [0, 0.1) is 11.6 Å². The Labute approximate surface area is 279 Å². The van der Waals surface area contributed by atoms with E-state index in [4.69, 9.17) is 9.57 Å². The molecule has 4 heterocycles. The molecular weight excluding hydrogens is 618 g/mol. The lowest BCUT2D eigenvalue weighted by atomic mass is 10.0. The first-order valence-electron chi connectivity index (χ1n) is 16.7. The summed E-state index contributed by atoms with van der Waals surface area (Å²) >= 11 is 0. The van der Waals surface area contributed by atoms with Crippen LogP contribution in [-0.2, 0) is 9.63 Å². The summed E-state index contributed by atoms with van der Waals surface area (Å²) in [5.41, 5.74) is 2.41. The number of carbonyl (C=O) groups excluding carboxylic acids is 1. The fourth-order valence-electron chi connectivity index (χ4n) is 7.18. The Balaban J connectivity index is 1.08. The number of hydrogen-bond acceptors (Lipinski definition) is 10. The molecule has 2 N–H and O–H groups in total. The van der Waals surface area contributed by atoms with E-state index < -0.39 is 17.7 Å². The molecule has 2 aromatic carbocycles. The smallest absolute Gasteiger partial charge is 0.247 e. The maximum Gasteiger partial charge on any atom is 0.247 e. The number of rotatable bonds is 10. The zero-order chi connectivity index (χ0) is 33.2. The number of benzene rings is 2. The Bertz CT molecular complexity index is 1640. The van der Waals surface area contributed by atoms with Crippen molar-refractivity contribution in [1.29, 1.82) is 0 Å². The zero-order valence-electron chi connectivity index (χ0n) is 27.2. The molecule has 0 bridgehead atoms. The summed E-state index contributed by atoms with van der Waals surface area (Å²) in [4.78, 5) is 34.8. The van der Waals surface area contributed by atoms with E-state index >= 15 is 0 Å². The second kappa shape index (κ2) is 14.0. The molecule has 1 unspecified atom stereocenters. The third-order valence-corrected chi connectivity index (χ3v) is 9.86. The molecule has 0 radical (unpaired) electrons. The molecule has 1 amide bonds. The van der Waals surface area contributed by atoms with Gasteiger partial charge in [-0.05, 0) is 43.9 Å². The molecule has 7 rings (SSSR count). The van der Waals surface area contributed by atoms with Crippen molar-refractivity contribution in [2.45, 2.75) is 50.2 Å². The number of piperazine rings is 1. The van der Waals surface area contributed by atoms with Gasteiger partial charge in [-0.1, -0.05) is 12.6 Å². The van der Waals surface area contributed by atoms with Gasteiger partial charge in [0.25, 0.3) is 0 Å². The van der Waals surface area contributed by atoms with Crippen molar-refractivity contribution in [3.05, 3.63) is 72.6 Å². The van der Waals surface area contributed by atoms with Crippen molar-refractivity contribution in [2.75, 3.05) is 73.6 Å². The van der Waals surface area contributed by atoms with E-state index in [1.165, 1.54) is 55.5 Å². The highest BCUT2D eigenvalue weighted by molar-refractivity contribution is 6.02. The molecule has 0 spiro atoms. The summed E-state index contributed by atoms with van der Waals surface area (Å²) in [5.74, 6) is -0.178. The number of anilines is 5. The standard InChI is InChI=1S/C35H42F2N8O3/c1-3-35(46)41-28-19-29(40-33-21-34(39-22-38-33)45-30(10-17-48-45)26-7-4-23(36)18-27(26)37)32(47-2)20-31(28)44-11-8-25(9-12-44)43-15-13-42(14-16-43)24-5-6-24/h3-4,7,18-22,24-25,30H,1,5-6,8-17H2,2H3,(H,41,46)(H,38,39,40). The van der Waals surface area contributed by atoms with Crippen LogP contribution in [0.3, 0.4) is 0 Å². The number of methoxy groups -OCH3 is 1. The van der Waals surface area contributed by atoms with Gasteiger partial charge in [0.15, 0.2) is 5.82 Å². The SMILES string of the molecule is C=CC(=O)Nc1cc(Nc2cc(N3OCCC3c3ccc(F)cc3F)ncn2)c(OC)cc1N1CCC(N2CCN(C3CC3)CC2)CC1. The number of hydrogen-bond donors (Lipinski definition) is 2. The van der Waals surface area contributed by atoms with Gasteiger partial charge in [0.1, 0.15) is 29.5 Å². The van der Waals surface area contributed by atoms with Crippen LogP contribution in [0.1, 0.15) is 43.7 Å². The van der Waals surface area contributed by atoms with Crippen molar-refractivity contribution in [1.82, 2.24) is 19.8 Å². The Morgan fingerprint density at radius 3 is 2.33 bits per heavy atom. The molecule has 13 heteroatoms. The lowest BCUT2D eigenvalue weighted by Gasteiger charge is -2.43. The minimum atomic E-state index is -0.641. The Morgan fingerprint density at radius 2 is 1.67 bits per heavy atom. The molecule has 3 aromatic rings. The Morgan fingerprint density at radius 1 is 0.938 bits per heavy atom. The largest absolute Gasteiger partial charge is 0.494 e. The van der Waals surface area contributed by atoms with Gasteiger partial charge >= 0.3 is 0 Å². The number of nitrogens with zero attached hydrogens (tertiary/aromatic N) is 6. The van der Waals surface area contributed by atoms with E-state index in [0.717, 1.165) is 56.8 Å². The minimum absolute atomic E-state index is 0.314. The van der Waals surface area contributed by atoms with Crippen LogP contribution in [0.25, 0.3) is 0 Å². The van der Waals surface area contributed by atoms with Crippen LogP contribution < -0.4 is 25.3 Å². The van der Waals surface area contributed by atoms with Crippen molar-refractivity contribution >= 4 is 34.6 Å². The second-order valence-corrected chi connectivity index (χ2v) is 12.8. The Kier molecular flexibility index (Phi) is 9.42. The van der Waals surface area contributed by atoms with Crippen LogP contribution in [0.5, 0.6) is 5.75 Å². The summed E-state index contributed by atoms with van der Waals surface area (Å²) in [7, 11) is 1.60. The van der Waals surface area contributed by atoms with Crippen LogP contribution >= 0.6 is 0 Å². The van der Waals surface area contributed by atoms with Crippen LogP contribution in [0.15, 0.2) is 55.4 Å². The van der Waals surface area contributed by atoms with Gasteiger partial charge in [0.2, 0.25) is 5.91 Å². The number of halogens is 2. The van der Waals surface area contributed by atoms with E-state index in [-0.39, 0.29) is 5.91 Å². The van der Waals surface area contributed by atoms with E-state index in [2.05, 4.69) is 41.9 Å². The van der Waals surface area contributed by atoms with Crippen LogP contribution in [0.4, 0.5) is 37.5 Å². The fraction of sp³-hybridized carbons (Fsp3) is 0.457. The highest BCUT2D eigenvalue weighted by Crippen LogP contribution is 2.41. The van der Waals surface area contributed by atoms with Crippen LogP contribution in [-0.4, -0.2) is 90.7 Å². The molecule has 254 valence electrons. The fourth-order valence-corrected chi connectivity index (χ4v) is 7.18. The van der Waals surface area contributed by atoms with Gasteiger partial charge in [-0.2, -0.15) is 0 Å². The predicted octanol–water partition coefficient (Wildman–Crippen LogP) is 5.26. The maximum absolute atomic E-state index is 14.7. The van der Waals surface area contributed by atoms with Crippen molar-refractivity contribution in [3.63, 3.8) is 0 Å². The molecular formula is C35H42F2N8O3. The number of ether oxygens (including phenoxy) is 1. The number of aromatic nitrogens is 2. The highest BCUT2D eigenvalue weighted by Gasteiger charge is 2.35. The molecule has 48 heavy (non-hydrogen) atoms. The number of carbonyl (C=O) groups is 1. The summed E-state index contributed by atoms with van der Waals surface area (Å²) in [5, 5.41) is 7.81. The molecule has 3 aliphatic heterocycles. The summed E-state index contributed by atoms with van der Waals surface area (Å²) < 4.78 is 34.1. The number of hydroxylamine groups is 1. The third-order valence-electron chi connectivity index (χ3n) is 9.86. The van der Waals surface area contributed by atoms with E-state index in [0.29, 0.717) is 53.4 Å². The van der Waals surface area contributed by atoms with Gasteiger partial charge in [0.05, 0.1) is 36.8 Å².